The molecule has 2 aliphatic rings. The van der Waals surface area contributed by atoms with Crippen LogP contribution in [0, 0.1) is 13.8 Å². The summed E-state index contributed by atoms with van der Waals surface area (Å²) in [7, 11) is 0. The number of carbonyl (C=O) groups excluding carboxylic acids is 3. The Bertz CT molecular complexity index is 1280. The minimum absolute atomic E-state index is 0.314. The number of imide groups is 1. The van der Waals surface area contributed by atoms with Crippen molar-refractivity contribution in [3.63, 3.8) is 0 Å². The van der Waals surface area contributed by atoms with Crippen LogP contribution in [0.5, 0.6) is 0 Å². The molecule has 0 bridgehead atoms. The van der Waals surface area contributed by atoms with Crippen molar-refractivity contribution in [2.24, 2.45) is 5.10 Å². The van der Waals surface area contributed by atoms with Crippen LogP contribution in [-0.4, -0.2) is 46.1 Å². The summed E-state index contributed by atoms with van der Waals surface area (Å²) in [4.78, 5) is 43.0. The van der Waals surface area contributed by atoms with E-state index in [1.165, 1.54) is 21.2 Å². The van der Waals surface area contributed by atoms with Gasteiger partial charge in [-0.15, -0.1) is 11.3 Å². The summed E-state index contributed by atoms with van der Waals surface area (Å²) in [5.74, 6) is 0.545. The van der Waals surface area contributed by atoms with Gasteiger partial charge in [0.15, 0.2) is 0 Å². The van der Waals surface area contributed by atoms with E-state index in [2.05, 4.69) is 5.10 Å². The number of anilines is 1. The highest BCUT2D eigenvalue weighted by Crippen LogP contribution is 2.36. The average molecular weight is 477 g/mol. The molecule has 0 radical (unpaired) electrons. The predicted octanol–water partition coefficient (Wildman–Crippen LogP) is 4.49. The zero-order chi connectivity index (χ0) is 24.0. The highest BCUT2D eigenvalue weighted by molar-refractivity contribution is 7.10. The molecule has 174 valence electrons. The van der Waals surface area contributed by atoms with Gasteiger partial charge in [0.25, 0.3) is 11.8 Å². The molecule has 9 heteroatoms. The number of carbonyl (C=O) groups is 3. The van der Waals surface area contributed by atoms with Crippen LogP contribution in [0.1, 0.15) is 41.3 Å². The summed E-state index contributed by atoms with van der Waals surface area (Å²) < 4.78 is 5.72. The van der Waals surface area contributed by atoms with Gasteiger partial charge in [0.1, 0.15) is 29.8 Å². The number of amides is 4. The Morgan fingerprint density at radius 1 is 1.12 bits per heavy atom. The van der Waals surface area contributed by atoms with Gasteiger partial charge in [-0.3, -0.25) is 19.4 Å². The number of urea groups is 1. The smallest absolute Gasteiger partial charge is 0.332 e. The van der Waals surface area contributed by atoms with Gasteiger partial charge in [0, 0.05) is 17.0 Å². The van der Waals surface area contributed by atoms with Crippen molar-refractivity contribution in [2.75, 3.05) is 11.4 Å². The largest absolute Gasteiger partial charge is 0.460 e. The number of nitrogens with zero attached hydrogens (tertiary/aromatic N) is 4. The van der Waals surface area contributed by atoms with E-state index >= 15 is 0 Å². The van der Waals surface area contributed by atoms with Crippen LogP contribution in [0.15, 0.2) is 63.4 Å². The highest BCUT2D eigenvalue weighted by Gasteiger charge is 2.45. The van der Waals surface area contributed by atoms with Crippen molar-refractivity contribution in [3.05, 3.63) is 75.9 Å². The van der Waals surface area contributed by atoms with Gasteiger partial charge in [0.05, 0.1) is 6.04 Å². The minimum Gasteiger partial charge on any atom is -0.460 e. The Kier molecular flexibility index (Phi) is 5.57. The van der Waals surface area contributed by atoms with Crippen molar-refractivity contribution in [2.45, 2.75) is 39.3 Å². The average Bonchev–Trinajstić information content (AvgIpc) is 3.60. The third kappa shape index (κ3) is 3.81. The van der Waals surface area contributed by atoms with Crippen molar-refractivity contribution in [3.8, 4) is 0 Å². The van der Waals surface area contributed by atoms with E-state index < -0.39 is 23.9 Å². The van der Waals surface area contributed by atoms with E-state index in [4.69, 9.17) is 4.42 Å². The standard InChI is InChI=1S/C25H24N4O4S/c1-15-6-9-18(10-7-15)28-17(3)24(31)27(25(28)32)14-23(30)29-20(22-5-4-12-34-22)13-19(26-29)21-11-8-16(2)33-21/h4-12,17,20H,13-14H2,1-3H3. The molecular weight excluding hydrogens is 452 g/mol. The molecule has 0 spiro atoms. The number of hydrogen-bond acceptors (Lipinski definition) is 6. The SMILES string of the molecule is Cc1ccc(N2C(=O)N(CC(=O)N3N=C(c4ccc(C)o4)CC3c3cccs3)C(=O)C2C)cc1. The van der Waals surface area contributed by atoms with E-state index in [1.807, 2.05) is 55.6 Å². The van der Waals surface area contributed by atoms with Crippen LogP contribution in [0.2, 0.25) is 0 Å². The molecule has 2 unspecified atom stereocenters. The maximum Gasteiger partial charge on any atom is 0.332 e. The molecule has 2 atom stereocenters. The van der Waals surface area contributed by atoms with E-state index in [9.17, 15) is 14.4 Å². The Morgan fingerprint density at radius 3 is 2.53 bits per heavy atom. The lowest BCUT2D eigenvalue weighted by Crippen LogP contribution is -2.42. The monoisotopic (exact) mass is 476 g/mol. The summed E-state index contributed by atoms with van der Waals surface area (Å²) in [6, 6.07) is 13.4. The third-order valence-corrected chi connectivity index (χ3v) is 7.09. The first kappa shape index (κ1) is 22.1. The second kappa shape index (κ2) is 8.57. The van der Waals surface area contributed by atoms with Gasteiger partial charge in [-0.2, -0.15) is 5.10 Å². The number of rotatable bonds is 5. The van der Waals surface area contributed by atoms with Crippen molar-refractivity contribution >= 4 is 40.6 Å². The van der Waals surface area contributed by atoms with Crippen molar-refractivity contribution in [1.29, 1.82) is 0 Å². The number of aryl methyl sites for hydroxylation is 2. The fraction of sp³-hybridized carbons (Fsp3) is 0.280. The molecule has 1 fully saturated rings. The van der Waals surface area contributed by atoms with Crippen LogP contribution in [0.4, 0.5) is 10.5 Å². The van der Waals surface area contributed by atoms with Crippen LogP contribution >= 0.6 is 11.3 Å². The quantitative estimate of drug-likeness (QED) is 0.508. The fourth-order valence-corrected chi connectivity index (χ4v) is 5.11. The Labute approximate surface area is 201 Å². The van der Waals surface area contributed by atoms with Gasteiger partial charge < -0.3 is 4.42 Å². The molecule has 0 aliphatic carbocycles. The van der Waals surface area contributed by atoms with Gasteiger partial charge in [-0.1, -0.05) is 23.8 Å². The molecule has 1 aromatic carbocycles. The topological polar surface area (TPSA) is 86.4 Å². The molecule has 0 N–H and O–H groups in total. The number of thiophene rings is 1. The zero-order valence-corrected chi connectivity index (χ0v) is 19.9. The highest BCUT2D eigenvalue weighted by atomic mass is 32.1. The maximum atomic E-state index is 13.4. The van der Waals surface area contributed by atoms with Gasteiger partial charge >= 0.3 is 6.03 Å². The first-order valence-corrected chi connectivity index (χ1v) is 11.9. The van der Waals surface area contributed by atoms with Gasteiger partial charge in [0.2, 0.25) is 0 Å². The van der Waals surface area contributed by atoms with E-state index in [-0.39, 0.29) is 12.6 Å². The summed E-state index contributed by atoms with van der Waals surface area (Å²) in [5, 5.41) is 7.89. The van der Waals surface area contributed by atoms with Crippen LogP contribution < -0.4 is 4.90 Å². The molecule has 1 saturated heterocycles. The summed E-state index contributed by atoms with van der Waals surface area (Å²) in [6.07, 6.45) is 0.493. The van der Waals surface area contributed by atoms with Crippen LogP contribution in [0.3, 0.4) is 0 Å². The molecule has 2 aromatic heterocycles. The first-order valence-electron chi connectivity index (χ1n) is 11.0. The zero-order valence-electron chi connectivity index (χ0n) is 19.1. The second-order valence-corrected chi connectivity index (χ2v) is 9.50. The summed E-state index contributed by atoms with van der Waals surface area (Å²) in [6.45, 7) is 5.10. The Morgan fingerprint density at radius 2 is 1.88 bits per heavy atom. The first-order chi connectivity index (χ1) is 16.3. The second-order valence-electron chi connectivity index (χ2n) is 8.52. The van der Waals surface area contributed by atoms with E-state index in [1.54, 1.807) is 19.1 Å². The molecule has 0 saturated carbocycles. The fourth-order valence-electron chi connectivity index (χ4n) is 4.30. The van der Waals surface area contributed by atoms with Crippen LogP contribution in [-0.2, 0) is 9.59 Å². The number of hydrazone groups is 1. The predicted molar refractivity (Wildman–Crippen MR) is 129 cm³/mol. The Balaban J connectivity index is 1.40. The Hall–Kier alpha value is -3.72. The normalized spacial score (nSPS) is 20.4. The lowest BCUT2D eigenvalue weighted by atomic mass is 10.1. The number of benzene rings is 1. The minimum atomic E-state index is -0.695. The summed E-state index contributed by atoms with van der Waals surface area (Å²) >= 11 is 1.53. The van der Waals surface area contributed by atoms with Crippen LogP contribution in [0.25, 0.3) is 0 Å². The molecule has 4 heterocycles. The van der Waals surface area contributed by atoms with E-state index in [0.29, 0.717) is 23.6 Å². The van der Waals surface area contributed by atoms with E-state index in [0.717, 1.165) is 21.1 Å². The molecule has 8 nitrogen and oxygen atoms in total. The summed E-state index contributed by atoms with van der Waals surface area (Å²) in [5.41, 5.74) is 2.33. The molecule has 34 heavy (non-hydrogen) atoms. The van der Waals surface area contributed by atoms with Crippen molar-refractivity contribution < 1.29 is 18.8 Å². The molecule has 2 aliphatic heterocycles. The molecule has 5 rings (SSSR count). The maximum absolute atomic E-state index is 13.4. The third-order valence-electron chi connectivity index (χ3n) is 6.12. The van der Waals surface area contributed by atoms with Crippen molar-refractivity contribution in [1.82, 2.24) is 9.91 Å². The lowest BCUT2D eigenvalue weighted by molar-refractivity contribution is -0.138. The number of hydrogen-bond donors (Lipinski definition) is 0. The lowest BCUT2D eigenvalue weighted by Gasteiger charge is -2.23. The van der Waals surface area contributed by atoms with Gasteiger partial charge in [-0.25, -0.2) is 9.80 Å². The molecular formula is C25H24N4O4S. The number of furan rings is 1. The molecule has 3 aromatic rings. The molecule has 4 amide bonds. The van der Waals surface area contributed by atoms with Gasteiger partial charge in [-0.05, 0) is 56.5 Å².